The Balaban J connectivity index is 1.83. The molecular weight excluding hydrogens is 543 g/mol. The highest BCUT2D eigenvalue weighted by Gasteiger charge is 2.34. The molecule has 0 unspecified atom stereocenters. The summed E-state index contributed by atoms with van der Waals surface area (Å²) in [5, 5.41) is 2.87. The standard InChI is InChI=1S/C19H13IN2O4S3/c1-3-6-26-16-12(20)8-11(9-13(16)25-2)10-15-18(24)22(19(27)29-15)21-17(23)14-5-4-7-28-14/h1,4-5,7-10H,6H2,2H3,(H,21,23)/b15-10+. The van der Waals surface area contributed by atoms with E-state index in [0.717, 1.165) is 25.9 Å². The van der Waals surface area contributed by atoms with Gasteiger partial charge in [0.25, 0.3) is 11.8 Å². The lowest BCUT2D eigenvalue weighted by Gasteiger charge is -2.14. The van der Waals surface area contributed by atoms with E-state index in [9.17, 15) is 9.59 Å². The molecule has 0 radical (unpaired) electrons. The van der Waals surface area contributed by atoms with Crippen LogP contribution in [0.5, 0.6) is 11.5 Å². The van der Waals surface area contributed by atoms with Crippen molar-refractivity contribution in [3.05, 3.63) is 48.6 Å². The average molecular weight is 556 g/mol. The van der Waals surface area contributed by atoms with Crippen LogP contribution in [0.1, 0.15) is 15.2 Å². The summed E-state index contributed by atoms with van der Waals surface area (Å²) >= 11 is 9.75. The number of carbonyl (C=O) groups excluding carboxylic acids is 2. The van der Waals surface area contributed by atoms with E-state index in [4.69, 9.17) is 28.1 Å². The number of amides is 2. The van der Waals surface area contributed by atoms with Gasteiger partial charge in [-0.05, 0) is 70.0 Å². The van der Waals surface area contributed by atoms with Crippen LogP contribution >= 0.6 is 57.9 Å². The minimum absolute atomic E-state index is 0.119. The highest BCUT2D eigenvalue weighted by atomic mass is 127. The number of hydrazine groups is 1. The molecule has 1 aromatic heterocycles. The van der Waals surface area contributed by atoms with Crippen LogP contribution in [0.25, 0.3) is 6.08 Å². The lowest BCUT2D eigenvalue weighted by atomic mass is 10.2. The monoisotopic (exact) mass is 556 g/mol. The summed E-state index contributed by atoms with van der Waals surface area (Å²) in [6.07, 6.45) is 6.94. The van der Waals surface area contributed by atoms with Crippen LogP contribution in [0.2, 0.25) is 0 Å². The Morgan fingerprint density at radius 3 is 2.93 bits per heavy atom. The van der Waals surface area contributed by atoms with Crippen molar-refractivity contribution >= 4 is 80.1 Å². The van der Waals surface area contributed by atoms with E-state index >= 15 is 0 Å². The number of nitrogens with zero attached hydrogens (tertiary/aromatic N) is 1. The van der Waals surface area contributed by atoms with Gasteiger partial charge in [0, 0.05) is 0 Å². The molecule has 0 aliphatic carbocycles. The van der Waals surface area contributed by atoms with Crippen LogP contribution in [0.4, 0.5) is 0 Å². The van der Waals surface area contributed by atoms with Crippen LogP contribution in [-0.4, -0.2) is 34.9 Å². The van der Waals surface area contributed by atoms with Crippen molar-refractivity contribution in [2.45, 2.75) is 0 Å². The van der Waals surface area contributed by atoms with Crippen molar-refractivity contribution in [2.75, 3.05) is 13.7 Å². The van der Waals surface area contributed by atoms with Gasteiger partial charge in [0.15, 0.2) is 15.8 Å². The third-order valence-corrected chi connectivity index (χ3v) is 6.57. The number of thiophene rings is 1. The van der Waals surface area contributed by atoms with E-state index in [1.807, 2.05) is 6.07 Å². The van der Waals surface area contributed by atoms with Gasteiger partial charge in [-0.2, -0.15) is 5.01 Å². The predicted molar refractivity (Wildman–Crippen MR) is 127 cm³/mol. The SMILES string of the molecule is C#CCOc1c(I)cc(/C=C2/SC(=S)N(NC(=O)c3cccs3)C2=O)cc1OC. The molecule has 0 bridgehead atoms. The second kappa shape index (κ2) is 9.62. The number of hydrogen-bond acceptors (Lipinski definition) is 7. The minimum atomic E-state index is -0.397. The van der Waals surface area contributed by atoms with E-state index in [0.29, 0.717) is 21.3 Å². The molecule has 0 spiro atoms. The maximum absolute atomic E-state index is 12.7. The quantitative estimate of drug-likeness (QED) is 0.252. The third kappa shape index (κ3) is 4.92. The molecule has 0 atom stereocenters. The number of carbonyl (C=O) groups is 2. The number of thiocarbonyl (C=S) groups is 1. The number of methoxy groups -OCH3 is 1. The molecule has 1 aliphatic rings. The molecule has 29 heavy (non-hydrogen) atoms. The van der Waals surface area contributed by atoms with Crippen LogP contribution in [0.3, 0.4) is 0 Å². The number of terminal acetylenes is 1. The van der Waals surface area contributed by atoms with E-state index in [1.165, 1.54) is 18.4 Å². The van der Waals surface area contributed by atoms with Crippen LogP contribution in [-0.2, 0) is 4.79 Å². The predicted octanol–water partition coefficient (Wildman–Crippen LogP) is 3.92. The third-order valence-electron chi connectivity index (χ3n) is 3.60. The molecule has 1 N–H and O–H groups in total. The Kier molecular flexibility index (Phi) is 7.18. The van der Waals surface area contributed by atoms with E-state index in [1.54, 1.807) is 29.7 Å². The highest BCUT2D eigenvalue weighted by Crippen LogP contribution is 2.37. The Morgan fingerprint density at radius 1 is 1.48 bits per heavy atom. The van der Waals surface area contributed by atoms with Gasteiger partial charge >= 0.3 is 0 Å². The van der Waals surface area contributed by atoms with Crippen molar-refractivity contribution in [1.82, 2.24) is 10.4 Å². The summed E-state index contributed by atoms with van der Waals surface area (Å²) in [5.74, 6) is 2.67. The molecule has 2 aromatic rings. The molecule has 6 nitrogen and oxygen atoms in total. The normalized spacial score (nSPS) is 14.8. The maximum Gasteiger partial charge on any atom is 0.285 e. The van der Waals surface area contributed by atoms with Gasteiger partial charge in [0.2, 0.25) is 0 Å². The smallest absolute Gasteiger partial charge is 0.285 e. The molecule has 1 saturated heterocycles. The minimum Gasteiger partial charge on any atom is -0.493 e. The van der Waals surface area contributed by atoms with E-state index in [-0.39, 0.29) is 16.8 Å². The molecular formula is C19H13IN2O4S3. The molecule has 148 valence electrons. The van der Waals surface area contributed by atoms with E-state index in [2.05, 4.69) is 33.9 Å². The summed E-state index contributed by atoms with van der Waals surface area (Å²) in [7, 11) is 1.53. The van der Waals surface area contributed by atoms with E-state index < -0.39 is 5.91 Å². The number of thioether (sulfide) groups is 1. The Morgan fingerprint density at radius 2 is 2.28 bits per heavy atom. The molecule has 3 rings (SSSR count). The van der Waals surface area contributed by atoms with Crippen molar-refractivity contribution < 1.29 is 19.1 Å². The summed E-state index contributed by atoms with van der Waals surface area (Å²) in [6, 6.07) is 7.01. The average Bonchev–Trinajstić information content (AvgIpc) is 3.32. The summed E-state index contributed by atoms with van der Waals surface area (Å²) < 4.78 is 11.9. The first-order chi connectivity index (χ1) is 13.9. The van der Waals surface area contributed by atoms with Gasteiger partial charge in [0.1, 0.15) is 6.61 Å². The second-order valence-electron chi connectivity index (χ2n) is 5.46. The van der Waals surface area contributed by atoms with Crippen molar-refractivity contribution in [1.29, 1.82) is 0 Å². The molecule has 1 fully saturated rings. The number of ether oxygens (including phenoxy) is 2. The van der Waals surface area contributed by atoms with Crippen LogP contribution < -0.4 is 14.9 Å². The van der Waals surface area contributed by atoms with Crippen LogP contribution in [0.15, 0.2) is 34.6 Å². The van der Waals surface area contributed by atoms with Gasteiger partial charge in [-0.25, -0.2) is 0 Å². The lowest BCUT2D eigenvalue weighted by molar-refractivity contribution is -0.123. The second-order valence-corrected chi connectivity index (χ2v) is 9.25. The fourth-order valence-corrected chi connectivity index (χ4v) is 4.93. The first-order valence-electron chi connectivity index (χ1n) is 8.01. The summed E-state index contributed by atoms with van der Waals surface area (Å²) in [6.45, 7) is 0.119. The number of rotatable bonds is 6. The fraction of sp³-hybridized carbons (Fsp3) is 0.105. The summed E-state index contributed by atoms with van der Waals surface area (Å²) in [5.41, 5.74) is 3.28. The topological polar surface area (TPSA) is 67.9 Å². The number of nitrogens with one attached hydrogen (secondary N) is 1. The van der Waals surface area contributed by atoms with Gasteiger partial charge in [-0.1, -0.05) is 23.7 Å². The first kappa shape index (κ1) is 21.6. The molecule has 0 saturated carbocycles. The van der Waals surface area contributed by atoms with Crippen LogP contribution in [0, 0.1) is 15.9 Å². The molecule has 1 aromatic carbocycles. The van der Waals surface area contributed by atoms with Crippen molar-refractivity contribution in [3.8, 4) is 23.8 Å². The number of hydrogen-bond donors (Lipinski definition) is 1. The van der Waals surface area contributed by atoms with Gasteiger partial charge in [0.05, 0.1) is 20.5 Å². The fourth-order valence-electron chi connectivity index (χ4n) is 2.36. The zero-order chi connectivity index (χ0) is 21.0. The Bertz CT molecular complexity index is 1040. The largest absolute Gasteiger partial charge is 0.493 e. The summed E-state index contributed by atoms with van der Waals surface area (Å²) in [4.78, 5) is 25.8. The number of halogens is 1. The maximum atomic E-state index is 12.7. The molecule has 2 heterocycles. The van der Waals surface area contributed by atoms with Gasteiger partial charge < -0.3 is 9.47 Å². The molecule has 1 aliphatic heterocycles. The Hall–Kier alpha value is -2.07. The zero-order valence-electron chi connectivity index (χ0n) is 14.9. The van der Waals surface area contributed by atoms with Gasteiger partial charge in [-0.3, -0.25) is 15.0 Å². The van der Waals surface area contributed by atoms with Gasteiger partial charge in [-0.15, -0.1) is 17.8 Å². The molecule has 10 heteroatoms. The highest BCUT2D eigenvalue weighted by molar-refractivity contribution is 14.1. The van der Waals surface area contributed by atoms with Crippen molar-refractivity contribution in [2.24, 2.45) is 0 Å². The van der Waals surface area contributed by atoms with Crippen molar-refractivity contribution in [3.63, 3.8) is 0 Å². The first-order valence-corrected chi connectivity index (χ1v) is 11.2. The molecule has 2 amide bonds. The number of benzene rings is 1. The lowest BCUT2D eigenvalue weighted by Crippen LogP contribution is -2.44. The zero-order valence-corrected chi connectivity index (χ0v) is 19.5. The Labute approximate surface area is 194 Å².